The van der Waals surface area contributed by atoms with E-state index in [1.807, 2.05) is 24.3 Å². The van der Waals surface area contributed by atoms with E-state index in [0.717, 1.165) is 37.2 Å². The summed E-state index contributed by atoms with van der Waals surface area (Å²) in [6.45, 7) is 1.84. The van der Waals surface area contributed by atoms with Crippen LogP contribution in [-0.2, 0) is 24.2 Å². The maximum Gasteiger partial charge on any atom is 0.224 e. The largest absolute Gasteiger partial charge is 0.326 e. The first-order valence-corrected chi connectivity index (χ1v) is 7.33. The van der Waals surface area contributed by atoms with Crippen LogP contribution in [0.5, 0.6) is 0 Å². The summed E-state index contributed by atoms with van der Waals surface area (Å²) in [7, 11) is 0. The van der Waals surface area contributed by atoms with Crippen molar-refractivity contribution in [2.75, 3.05) is 11.9 Å². The van der Waals surface area contributed by atoms with Gasteiger partial charge in [-0.25, -0.2) is 0 Å². The van der Waals surface area contributed by atoms with Crippen molar-refractivity contribution in [3.05, 3.63) is 59.4 Å². The molecule has 0 radical (unpaired) electrons. The third-order valence-corrected chi connectivity index (χ3v) is 3.81. The molecule has 1 aromatic heterocycles. The van der Waals surface area contributed by atoms with E-state index >= 15 is 0 Å². The van der Waals surface area contributed by atoms with E-state index in [1.54, 1.807) is 12.4 Å². The van der Waals surface area contributed by atoms with Crippen molar-refractivity contribution < 1.29 is 4.79 Å². The molecular formula is C17H19N3O. The molecule has 1 aliphatic heterocycles. The summed E-state index contributed by atoms with van der Waals surface area (Å²) < 4.78 is 0. The van der Waals surface area contributed by atoms with Gasteiger partial charge in [0.15, 0.2) is 0 Å². The predicted octanol–water partition coefficient (Wildman–Crippen LogP) is 2.30. The average Bonchev–Trinajstić information content (AvgIpc) is 2.54. The fourth-order valence-corrected chi connectivity index (χ4v) is 2.65. The number of carbonyl (C=O) groups excluding carboxylic acids is 1. The Labute approximate surface area is 124 Å². The Hall–Kier alpha value is -2.20. The molecule has 0 saturated heterocycles. The van der Waals surface area contributed by atoms with Crippen LogP contribution in [0.1, 0.15) is 23.1 Å². The maximum absolute atomic E-state index is 12.1. The number of fused-ring (bicyclic) bond motifs is 1. The number of amides is 1. The Morgan fingerprint density at radius 1 is 1.24 bits per heavy atom. The lowest BCUT2D eigenvalue weighted by Crippen LogP contribution is -2.25. The van der Waals surface area contributed by atoms with E-state index in [-0.39, 0.29) is 5.91 Å². The summed E-state index contributed by atoms with van der Waals surface area (Å²) in [5.74, 6) is 0.0609. The first-order valence-electron chi connectivity index (χ1n) is 7.33. The van der Waals surface area contributed by atoms with Crippen molar-refractivity contribution in [2.45, 2.75) is 25.8 Å². The Morgan fingerprint density at radius 2 is 2.10 bits per heavy atom. The molecule has 2 N–H and O–H groups in total. The number of carbonyl (C=O) groups is 1. The van der Waals surface area contributed by atoms with Crippen LogP contribution in [0, 0.1) is 0 Å². The van der Waals surface area contributed by atoms with Crippen LogP contribution < -0.4 is 10.6 Å². The highest BCUT2D eigenvalue weighted by atomic mass is 16.1. The Morgan fingerprint density at radius 3 is 2.95 bits per heavy atom. The molecule has 0 atom stereocenters. The number of aromatic nitrogens is 1. The third kappa shape index (κ3) is 3.47. The van der Waals surface area contributed by atoms with Crippen LogP contribution in [0.25, 0.3) is 0 Å². The molecule has 0 fully saturated rings. The minimum absolute atomic E-state index is 0.0609. The number of hydrogen-bond acceptors (Lipinski definition) is 3. The van der Waals surface area contributed by atoms with Crippen molar-refractivity contribution in [3.63, 3.8) is 0 Å². The minimum atomic E-state index is 0.0609. The van der Waals surface area contributed by atoms with E-state index in [0.29, 0.717) is 6.42 Å². The van der Waals surface area contributed by atoms with Crippen molar-refractivity contribution >= 4 is 11.6 Å². The molecule has 0 spiro atoms. The topological polar surface area (TPSA) is 54.0 Å². The molecule has 21 heavy (non-hydrogen) atoms. The summed E-state index contributed by atoms with van der Waals surface area (Å²) >= 11 is 0. The van der Waals surface area contributed by atoms with Gasteiger partial charge in [0.2, 0.25) is 5.91 Å². The number of benzene rings is 1. The van der Waals surface area contributed by atoms with Gasteiger partial charge in [-0.15, -0.1) is 0 Å². The number of aryl methyl sites for hydroxylation is 1. The molecule has 2 aromatic rings. The van der Waals surface area contributed by atoms with E-state index in [9.17, 15) is 4.79 Å². The van der Waals surface area contributed by atoms with Gasteiger partial charge >= 0.3 is 0 Å². The van der Waals surface area contributed by atoms with Gasteiger partial charge in [-0.3, -0.25) is 9.78 Å². The highest BCUT2D eigenvalue weighted by molar-refractivity contribution is 5.91. The molecule has 0 aliphatic carbocycles. The SMILES string of the molecule is O=C(CCc1ccncc1)Nc1cccc2c1CNCC2. The fraction of sp³-hybridized carbons (Fsp3) is 0.294. The Balaban J connectivity index is 1.63. The van der Waals surface area contributed by atoms with E-state index in [1.165, 1.54) is 11.1 Å². The number of hydrogen-bond donors (Lipinski definition) is 2. The van der Waals surface area contributed by atoms with Gasteiger partial charge in [0.1, 0.15) is 0 Å². The fourth-order valence-electron chi connectivity index (χ4n) is 2.65. The lowest BCUT2D eigenvalue weighted by Gasteiger charge is -2.20. The predicted molar refractivity (Wildman–Crippen MR) is 83.0 cm³/mol. The second kappa shape index (κ2) is 6.50. The van der Waals surface area contributed by atoms with Crippen LogP contribution in [-0.4, -0.2) is 17.4 Å². The highest BCUT2D eigenvalue weighted by Gasteiger charge is 2.13. The van der Waals surface area contributed by atoms with Crippen LogP contribution in [0.4, 0.5) is 5.69 Å². The van der Waals surface area contributed by atoms with Gasteiger partial charge < -0.3 is 10.6 Å². The monoisotopic (exact) mass is 281 g/mol. The molecule has 1 amide bonds. The molecule has 0 unspecified atom stereocenters. The number of pyridine rings is 1. The summed E-state index contributed by atoms with van der Waals surface area (Å²) in [5.41, 5.74) is 4.64. The number of nitrogens with one attached hydrogen (secondary N) is 2. The van der Waals surface area contributed by atoms with E-state index in [2.05, 4.69) is 21.7 Å². The van der Waals surface area contributed by atoms with Crippen molar-refractivity contribution in [3.8, 4) is 0 Å². The van der Waals surface area contributed by atoms with Gasteiger partial charge in [0.25, 0.3) is 0 Å². The zero-order valence-corrected chi connectivity index (χ0v) is 11.9. The molecule has 4 heteroatoms. The number of nitrogens with zero attached hydrogens (tertiary/aromatic N) is 1. The molecule has 4 nitrogen and oxygen atoms in total. The summed E-state index contributed by atoms with van der Waals surface area (Å²) in [5, 5.41) is 6.40. The molecule has 0 saturated carbocycles. The quantitative estimate of drug-likeness (QED) is 0.904. The molecule has 108 valence electrons. The van der Waals surface area contributed by atoms with Gasteiger partial charge in [-0.2, -0.15) is 0 Å². The lowest BCUT2D eigenvalue weighted by atomic mass is 9.99. The Kier molecular flexibility index (Phi) is 4.26. The summed E-state index contributed by atoms with van der Waals surface area (Å²) in [6.07, 6.45) is 5.76. The smallest absolute Gasteiger partial charge is 0.224 e. The van der Waals surface area contributed by atoms with Crippen LogP contribution in [0.3, 0.4) is 0 Å². The van der Waals surface area contributed by atoms with E-state index in [4.69, 9.17) is 0 Å². The molecular weight excluding hydrogens is 262 g/mol. The van der Waals surface area contributed by atoms with Crippen molar-refractivity contribution in [2.24, 2.45) is 0 Å². The van der Waals surface area contributed by atoms with Crippen molar-refractivity contribution in [1.82, 2.24) is 10.3 Å². The van der Waals surface area contributed by atoms with Crippen molar-refractivity contribution in [1.29, 1.82) is 0 Å². The average molecular weight is 281 g/mol. The van der Waals surface area contributed by atoms with Crippen LogP contribution >= 0.6 is 0 Å². The van der Waals surface area contributed by atoms with Crippen LogP contribution in [0.2, 0.25) is 0 Å². The zero-order valence-electron chi connectivity index (χ0n) is 11.9. The molecule has 2 heterocycles. The normalized spacial score (nSPS) is 13.5. The van der Waals surface area contributed by atoms with Gasteiger partial charge in [-0.1, -0.05) is 12.1 Å². The minimum Gasteiger partial charge on any atom is -0.326 e. The third-order valence-electron chi connectivity index (χ3n) is 3.81. The summed E-state index contributed by atoms with van der Waals surface area (Å²) in [4.78, 5) is 16.1. The maximum atomic E-state index is 12.1. The lowest BCUT2D eigenvalue weighted by molar-refractivity contribution is -0.116. The molecule has 1 aliphatic rings. The molecule has 0 bridgehead atoms. The van der Waals surface area contributed by atoms with Gasteiger partial charge in [0, 0.05) is 31.0 Å². The van der Waals surface area contributed by atoms with Crippen LogP contribution in [0.15, 0.2) is 42.7 Å². The second-order valence-electron chi connectivity index (χ2n) is 5.27. The zero-order chi connectivity index (χ0) is 14.5. The number of rotatable bonds is 4. The van der Waals surface area contributed by atoms with Gasteiger partial charge in [0.05, 0.1) is 0 Å². The van der Waals surface area contributed by atoms with E-state index < -0.39 is 0 Å². The standard InChI is InChI=1S/C17H19N3O/c21-17(5-4-13-6-9-18-10-7-13)20-16-3-1-2-14-8-11-19-12-15(14)16/h1-3,6-7,9-10,19H,4-5,8,11-12H2,(H,20,21). The first kappa shape index (κ1) is 13.8. The summed E-state index contributed by atoms with van der Waals surface area (Å²) in [6, 6.07) is 10.0. The van der Waals surface area contributed by atoms with Gasteiger partial charge in [-0.05, 0) is 54.3 Å². The molecule has 1 aromatic carbocycles. The molecule has 3 rings (SSSR count). The first-order chi connectivity index (χ1) is 10.3. The Bertz CT molecular complexity index is 625. The highest BCUT2D eigenvalue weighted by Crippen LogP contribution is 2.23. The number of anilines is 1. The second-order valence-corrected chi connectivity index (χ2v) is 5.27.